The fourth-order valence-electron chi connectivity index (χ4n) is 3.02. The van der Waals surface area contributed by atoms with E-state index in [1.807, 2.05) is 43.4 Å². The van der Waals surface area contributed by atoms with Crippen molar-refractivity contribution < 1.29 is 0 Å². The maximum atomic E-state index is 4.19. The van der Waals surface area contributed by atoms with Crippen LogP contribution in [0.4, 0.5) is 0 Å². The summed E-state index contributed by atoms with van der Waals surface area (Å²) < 4.78 is 0. The van der Waals surface area contributed by atoms with E-state index in [2.05, 4.69) is 71.6 Å². The number of hydrogen-bond donors (Lipinski definition) is 1. The summed E-state index contributed by atoms with van der Waals surface area (Å²) in [4.78, 5) is 4.19. The van der Waals surface area contributed by atoms with Gasteiger partial charge in [-0.3, -0.25) is 4.99 Å². The summed E-state index contributed by atoms with van der Waals surface area (Å²) in [6.07, 6.45) is 2.81. The third-order valence-electron chi connectivity index (χ3n) is 4.72. The molecular formula is C26H28N2S. The van der Waals surface area contributed by atoms with Crippen molar-refractivity contribution in [3.63, 3.8) is 0 Å². The van der Waals surface area contributed by atoms with Gasteiger partial charge in [0.1, 0.15) is 0 Å². The number of rotatable bonds is 7. The van der Waals surface area contributed by atoms with Crippen LogP contribution < -0.4 is 5.32 Å². The molecule has 1 saturated carbocycles. The van der Waals surface area contributed by atoms with Gasteiger partial charge in [-0.05, 0) is 36.6 Å². The molecule has 1 aliphatic rings. The lowest BCUT2D eigenvalue weighted by Crippen LogP contribution is -2.05. The van der Waals surface area contributed by atoms with E-state index in [-0.39, 0.29) is 0 Å². The first-order chi connectivity index (χ1) is 14.3. The van der Waals surface area contributed by atoms with Crippen LogP contribution in [-0.4, -0.2) is 13.8 Å². The summed E-state index contributed by atoms with van der Waals surface area (Å²) in [5, 5.41) is 4.27. The molecule has 0 heterocycles. The van der Waals surface area contributed by atoms with E-state index in [4.69, 9.17) is 0 Å². The summed E-state index contributed by atoms with van der Waals surface area (Å²) in [5.74, 6) is 1.81. The largest absolute Gasteiger partial charge is 0.381 e. The van der Waals surface area contributed by atoms with Crippen molar-refractivity contribution in [3.05, 3.63) is 113 Å². The second-order valence-electron chi connectivity index (χ2n) is 6.91. The summed E-state index contributed by atoms with van der Waals surface area (Å²) in [5.41, 5.74) is 4.79. The normalized spacial score (nSPS) is 13.6. The number of nitrogens with zero attached hydrogens (tertiary/aromatic N) is 1. The van der Waals surface area contributed by atoms with E-state index in [0.29, 0.717) is 0 Å². The molecule has 0 spiro atoms. The number of benzene rings is 3. The zero-order chi connectivity index (χ0) is 20.3. The Kier molecular flexibility index (Phi) is 8.14. The van der Waals surface area contributed by atoms with Crippen molar-refractivity contribution >= 4 is 24.2 Å². The van der Waals surface area contributed by atoms with Crippen LogP contribution in [0.5, 0.6) is 0 Å². The molecule has 3 heteroatoms. The van der Waals surface area contributed by atoms with Gasteiger partial charge in [0.15, 0.2) is 0 Å². The topological polar surface area (TPSA) is 24.4 Å². The monoisotopic (exact) mass is 400 g/mol. The zero-order valence-electron chi connectivity index (χ0n) is 16.9. The fourth-order valence-corrected chi connectivity index (χ4v) is 3.99. The number of aliphatic imine (C=N–C) groups is 1. The second-order valence-corrected chi connectivity index (χ2v) is 7.90. The Labute approximate surface area is 178 Å². The second kappa shape index (κ2) is 11.3. The molecule has 1 N–H and O–H groups in total. The summed E-state index contributed by atoms with van der Waals surface area (Å²) in [7, 11) is 1.92. The van der Waals surface area contributed by atoms with Crippen molar-refractivity contribution in [2.75, 3.05) is 7.05 Å². The van der Waals surface area contributed by atoms with E-state index in [0.717, 1.165) is 28.0 Å². The van der Waals surface area contributed by atoms with Crippen LogP contribution in [0.15, 0.2) is 101 Å². The third kappa shape index (κ3) is 6.65. The molecule has 4 rings (SSSR count). The molecule has 3 aromatic carbocycles. The van der Waals surface area contributed by atoms with Gasteiger partial charge in [0.05, 0.1) is 10.7 Å². The highest BCUT2D eigenvalue weighted by molar-refractivity contribution is 8.02. The zero-order valence-corrected chi connectivity index (χ0v) is 17.7. The van der Waals surface area contributed by atoms with E-state index in [1.54, 1.807) is 11.8 Å². The van der Waals surface area contributed by atoms with Crippen LogP contribution >= 0.6 is 11.8 Å². The molecule has 0 radical (unpaired) electrons. The van der Waals surface area contributed by atoms with E-state index < -0.39 is 0 Å². The fraction of sp³-hybridized carbons (Fsp3) is 0.192. The average molecular weight is 401 g/mol. The van der Waals surface area contributed by atoms with Crippen LogP contribution in [0.1, 0.15) is 35.4 Å². The summed E-state index contributed by atoms with van der Waals surface area (Å²) in [6, 6.07) is 31.3. The van der Waals surface area contributed by atoms with Gasteiger partial charge in [-0.1, -0.05) is 91.0 Å². The molecule has 0 bridgehead atoms. The predicted molar refractivity (Wildman–Crippen MR) is 128 cm³/mol. The van der Waals surface area contributed by atoms with Crippen molar-refractivity contribution in [3.8, 4) is 0 Å². The molecule has 1 aliphatic carbocycles. The van der Waals surface area contributed by atoms with Gasteiger partial charge in [0.2, 0.25) is 0 Å². The Balaban J connectivity index is 0.000000220. The Morgan fingerprint density at radius 3 is 1.97 bits per heavy atom. The maximum Gasteiger partial charge on any atom is 0.0992 e. The molecule has 3 aromatic rings. The summed E-state index contributed by atoms with van der Waals surface area (Å²) in [6.45, 7) is 3.70. The number of thioether (sulfide) groups is 1. The van der Waals surface area contributed by atoms with Crippen LogP contribution in [0.3, 0.4) is 0 Å². The molecule has 2 nitrogen and oxygen atoms in total. The van der Waals surface area contributed by atoms with Gasteiger partial charge in [-0.2, -0.15) is 0 Å². The molecule has 0 aliphatic heterocycles. The van der Waals surface area contributed by atoms with Crippen LogP contribution in [-0.2, 0) is 5.75 Å². The minimum Gasteiger partial charge on any atom is -0.381 e. The van der Waals surface area contributed by atoms with Crippen molar-refractivity contribution in [2.45, 2.75) is 24.5 Å². The van der Waals surface area contributed by atoms with Crippen LogP contribution in [0.2, 0.25) is 0 Å². The van der Waals surface area contributed by atoms with E-state index >= 15 is 0 Å². The molecule has 0 unspecified atom stereocenters. The van der Waals surface area contributed by atoms with Gasteiger partial charge < -0.3 is 5.32 Å². The number of hydrogen-bond acceptors (Lipinski definition) is 3. The van der Waals surface area contributed by atoms with Crippen LogP contribution in [0.25, 0.3) is 5.70 Å². The van der Waals surface area contributed by atoms with Crippen molar-refractivity contribution in [2.24, 2.45) is 4.99 Å². The Hall–Kier alpha value is -2.78. The van der Waals surface area contributed by atoms with Gasteiger partial charge in [-0.25, -0.2) is 0 Å². The summed E-state index contributed by atoms with van der Waals surface area (Å²) >= 11 is 1.74. The lowest BCUT2D eigenvalue weighted by Gasteiger charge is -2.11. The van der Waals surface area contributed by atoms with Gasteiger partial charge in [0, 0.05) is 18.4 Å². The molecule has 0 aromatic heterocycles. The smallest absolute Gasteiger partial charge is 0.0992 e. The first-order valence-corrected chi connectivity index (χ1v) is 11.0. The molecule has 0 saturated heterocycles. The molecular weight excluding hydrogens is 372 g/mol. The Morgan fingerprint density at radius 1 is 0.897 bits per heavy atom. The maximum absolute atomic E-state index is 4.19. The predicted octanol–water partition coefficient (Wildman–Crippen LogP) is 6.73. The Bertz CT molecular complexity index is 901. The third-order valence-corrected chi connectivity index (χ3v) is 5.89. The highest BCUT2D eigenvalue weighted by atomic mass is 32.2. The SMILES string of the molecule is C=N/C(=C(/NC)SCc1ccccc1)c1ccccc1.c1ccc(C2CC2)cc1. The highest BCUT2D eigenvalue weighted by Gasteiger charge is 2.22. The number of nitrogens with one attached hydrogen (secondary N) is 1. The molecule has 1 fully saturated rings. The van der Waals surface area contributed by atoms with Gasteiger partial charge in [0.25, 0.3) is 0 Å². The Morgan fingerprint density at radius 2 is 1.45 bits per heavy atom. The first kappa shape index (κ1) is 20.9. The lowest BCUT2D eigenvalue weighted by atomic mass is 10.1. The minimum atomic E-state index is 0.897. The van der Waals surface area contributed by atoms with Crippen molar-refractivity contribution in [1.82, 2.24) is 5.32 Å². The van der Waals surface area contributed by atoms with E-state index in [1.165, 1.54) is 24.0 Å². The van der Waals surface area contributed by atoms with Crippen LogP contribution in [0, 0.1) is 0 Å². The van der Waals surface area contributed by atoms with E-state index in [9.17, 15) is 0 Å². The van der Waals surface area contributed by atoms with Gasteiger partial charge >= 0.3 is 0 Å². The minimum absolute atomic E-state index is 0.897. The quantitative estimate of drug-likeness (QED) is 0.445. The highest BCUT2D eigenvalue weighted by Crippen LogP contribution is 2.39. The first-order valence-electron chi connectivity index (χ1n) is 9.97. The molecule has 148 valence electrons. The molecule has 0 amide bonds. The molecule has 0 atom stereocenters. The molecule has 29 heavy (non-hydrogen) atoms. The van der Waals surface area contributed by atoms with Gasteiger partial charge in [-0.15, -0.1) is 11.8 Å². The average Bonchev–Trinajstić information content (AvgIpc) is 3.65. The lowest BCUT2D eigenvalue weighted by molar-refractivity contribution is 1.07. The standard InChI is InChI=1S/C17H18N2S.C9H10/c1-18-16(15-11-7-4-8-12-15)17(19-2)20-13-14-9-5-3-6-10-14;1-2-4-8(5-3-1)9-6-7-9/h3-12,19H,1,13H2,2H3;1-5,9H,6-7H2/b17-16-;. The van der Waals surface area contributed by atoms with Crippen molar-refractivity contribution in [1.29, 1.82) is 0 Å².